The number of aryl methyl sites for hydroxylation is 3. The Balaban J connectivity index is 1.99. The second-order valence-electron chi connectivity index (χ2n) is 3.84. The SMILES string of the molecule is CCc1cc(CCc2ccccc2)ncn1. The number of benzene rings is 1. The zero-order chi connectivity index (χ0) is 11.2. The third-order valence-corrected chi connectivity index (χ3v) is 2.66. The van der Waals surface area contributed by atoms with Gasteiger partial charge in [0.1, 0.15) is 6.33 Å². The Morgan fingerprint density at radius 1 is 0.938 bits per heavy atom. The molecule has 0 fully saturated rings. The van der Waals surface area contributed by atoms with E-state index in [9.17, 15) is 0 Å². The Morgan fingerprint density at radius 2 is 1.69 bits per heavy atom. The maximum absolute atomic E-state index is 4.29. The van der Waals surface area contributed by atoms with Crippen molar-refractivity contribution in [1.82, 2.24) is 9.97 Å². The Hall–Kier alpha value is -1.70. The fraction of sp³-hybridized carbons (Fsp3) is 0.286. The number of hydrogen-bond acceptors (Lipinski definition) is 2. The number of nitrogens with zero attached hydrogens (tertiary/aromatic N) is 2. The molecule has 2 heteroatoms. The van der Waals surface area contributed by atoms with Gasteiger partial charge in [-0.05, 0) is 30.9 Å². The third-order valence-electron chi connectivity index (χ3n) is 2.66. The summed E-state index contributed by atoms with van der Waals surface area (Å²) in [5.41, 5.74) is 3.62. The van der Waals surface area contributed by atoms with Crippen LogP contribution in [0, 0.1) is 0 Å². The molecule has 2 aromatic rings. The van der Waals surface area contributed by atoms with Crippen molar-refractivity contribution in [3.05, 3.63) is 59.7 Å². The molecule has 0 radical (unpaired) electrons. The normalized spacial score (nSPS) is 10.3. The molecule has 0 aliphatic rings. The van der Waals surface area contributed by atoms with Gasteiger partial charge in [0.2, 0.25) is 0 Å². The molecule has 0 atom stereocenters. The molecule has 0 aliphatic heterocycles. The molecule has 0 spiro atoms. The van der Waals surface area contributed by atoms with Crippen molar-refractivity contribution in [2.45, 2.75) is 26.2 Å². The van der Waals surface area contributed by atoms with Gasteiger partial charge in [-0.15, -0.1) is 0 Å². The van der Waals surface area contributed by atoms with Gasteiger partial charge >= 0.3 is 0 Å². The minimum absolute atomic E-state index is 0.973. The minimum atomic E-state index is 0.973. The predicted octanol–water partition coefficient (Wildman–Crippen LogP) is 2.82. The highest BCUT2D eigenvalue weighted by molar-refractivity contribution is 5.17. The van der Waals surface area contributed by atoms with E-state index in [4.69, 9.17) is 0 Å². The first-order valence-corrected chi connectivity index (χ1v) is 5.72. The molecule has 0 amide bonds. The van der Waals surface area contributed by atoms with E-state index in [2.05, 4.69) is 47.2 Å². The lowest BCUT2D eigenvalue weighted by atomic mass is 10.1. The zero-order valence-corrected chi connectivity index (χ0v) is 9.56. The molecule has 2 nitrogen and oxygen atoms in total. The standard InChI is InChI=1S/C14H16N2/c1-2-13-10-14(16-11-15-13)9-8-12-6-4-3-5-7-12/h3-7,10-11H,2,8-9H2,1H3. The van der Waals surface area contributed by atoms with Crippen LogP contribution in [-0.2, 0) is 19.3 Å². The van der Waals surface area contributed by atoms with Crippen molar-refractivity contribution in [2.75, 3.05) is 0 Å². The van der Waals surface area contributed by atoms with Crippen molar-refractivity contribution in [3.8, 4) is 0 Å². The van der Waals surface area contributed by atoms with Crippen molar-refractivity contribution >= 4 is 0 Å². The van der Waals surface area contributed by atoms with Crippen LogP contribution in [0.1, 0.15) is 23.9 Å². The van der Waals surface area contributed by atoms with Crippen molar-refractivity contribution in [1.29, 1.82) is 0 Å². The lowest BCUT2D eigenvalue weighted by molar-refractivity contribution is 0.878. The monoisotopic (exact) mass is 212 g/mol. The summed E-state index contributed by atoms with van der Waals surface area (Å²) >= 11 is 0. The van der Waals surface area contributed by atoms with Crippen LogP contribution in [0.4, 0.5) is 0 Å². The maximum atomic E-state index is 4.29. The van der Waals surface area contributed by atoms with E-state index in [1.165, 1.54) is 5.56 Å². The summed E-state index contributed by atoms with van der Waals surface area (Å²) in [6.07, 6.45) is 4.67. The van der Waals surface area contributed by atoms with E-state index < -0.39 is 0 Å². The van der Waals surface area contributed by atoms with Crippen LogP contribution >= 0.6 is 0 Å². The molecule has 16 heavy (non-hydrogen) atoms. The topological polar surface area (TPSA) is 25.8 Å². The zero-order valence-electron chi connectivity index (χ0n) is 9.56. The molecule has 2 rings (SSSR count). The molecule has 0 N–H and O–H groups in total. The van der Waals surface area contributed by atoms with E-state index in [0.29, 0.717) is 0 Å². The number of rotatable bonds is 4. The first-order valence-electron chi connectivity index (χ1n) is 5.72. The van der Waals surface area contributed by atoms with Gasteiger partial charge < -0.3 is 0 Å². The number of hydrogen-bond donors (Lipinski definition) is 0. The predicted molar refractivity (Wildman–Crippen MR) is 65.3 cm³/mol. The molecule has 0 saturated heterocycles. The lowest BCUT2D eigenvalue weighted by Gasteiger charge is -2.02. The van der Waals surface area contributed by atoms with E-state index in [-0.39, 0.29) is 0 Å². The molecule has 0 aliphatic carbocycles. The van der Waals surface area contributed by atoms with Crippen molar-refractivity contribution in [3.63, 3.8) is 0 Å². The molecular weight excluding hydrogens is 196 g/mol. The van der Waals surface area contributed by atoms with Gasteiger partial charge in [-0.25, -0.2) is 9.97 Å². The fourth-order valence-corrected chi connectivity index (χ4v) is 1.69. The highest BCUT2D eigenvalue weighted by atomic mass is 14.8. The quantitative estimate of drug-likeness (QED) is 0.778. The summed E-state index contributed by atoms with van der Waals surface area (Å²) in [5, 5.41) is 0. The first kappa shape index (κ1) is 10.8. The van der Waals surface area contributed by atoms with Crippen LogP contribution in [0.25, 0.3) is 0 Å². The maximum Gasteiger partial charge on any atom is 0.115 e. The molecule has 1 heterocycles. The molecule has 1 aromatic heterocycles. The highest BCUT2D eigenvalue weighted by Gasteiger charge is 1.98. The van der Waals surface area contributed by atoms with Crippen molar-refractivity contribution < 1.29 is 0 Å². The molecule has 0 saturated carbocycles. The third kappa shape index (κ3) is 2.89. The van der Waals surface area contributed by atoms with Gasteiger partial charge in [-0.3, -0.25) is 0 Å². The van der Waals surface area contributed by atoms with Crippen LogP contribution in [0.3, 0.4) is 0 Å². The van der Waals surface area contributed by atoms with Gasteiger partial charge in [0, 0.05) is 11.4 Å². The molecule has 0 bridgehead atoms. The van der Waals surface area contributed by atoms with E-state index in [1.807, 2.05) is 6.07 Å². The van der Waals surface area contributed by atoms with Gasteiger partial charge in [-0.2, -0.15) is 0 Å². The van der Waals surface area contributed by atoms with Crippen LogP contribution < -0.4 is 0 Å². The number of aromatic nitrogens is 2. The molecule has 82 valence electrons. The Kier molecular flexibility index (Phi) is 3.65. The van der Waals surface area contributed by atoms with Gasteiger partial charge in [0.15, 0.2) is 0 Å². The Bertz CT molecular complexity index is 437. The fourth-order valence-electron chi connectivity index (χ4n) is 1.69. The lowest BCUT2D eigenvalue weighted by Crippen LogP contribution is -1.97. The molecule has 0 unspecified atom stereocenters. The minimum Gasteiger partial charge on any atom is -0.241 e. The highest BCUT2D eigenvalue weighted by Crippen LogP contribution is 2.06. The van der Waals surface area contributed by atoms with E-state index in [0.717, 1.165) is 30.7 Å². The van der Waals surface area contributed by atoms with Crippen molar-refractivity contribution in [2.24, 2.45) is 0 Å². The second kappa shape index (κ2) is 5.40. The van der Waals surface area contributed by atoms with E-state index >= 15 is 0 Å². The summed E-state index contributed by atoms with van der Waals surface area (Å²) in [6.45, 7) is 2.11. The summed E-state index contributed by atoms with van der Waals surface area (Å²) in [5.74, 6) is 0. The van der Waals surface area contributed by atoms with Gasteiger partial charge in [-0.1, -0.05) is 37.3 Å². The van der Waals surface area contributed by atoms with Gasteiger partial charge in [0.25, 0.3) is 0 Å². The molecular formula is C14H16N2. The van der Waals surface area contributed by atoms with Gasteiger partial charge in [0.05, 0.1) is 0 Å². The smallest absolute Gasteiger partial charge is 0.115 e. The average Bonchev–Trinajstić information content (AvgIpc) is 2.38. The van der Waals surface area contributed by atoms with E-state index in [1.54, 1.807) is 6.33 Å². The second-order valence-corrected chi connectivity index (χ2v) is 3.84. The van der Waals surface area contributed by atoms with Crippen LogP contribution in [0.15, 0.2) is 42.7 Å². The summed E-state index contributed by atoms with van der Waals surface area (Å²) in [6, 6.07) is 12.6. The Labute approximate surface area is 96.4 Å². The van der Waals surface area contributed by atoms with Crippen LogP contribution in [0.5, 0.6) is 0 Å². The first-order chi connectivity index (χ1) is 7.88. The average molecular weight is 212 g/mol. The summed E-state index contributed by atoms with van der Waals surface area (Å²) < 4.78 is 0. The molecule has 1 aromatic carbocycles. The van der Waals surface area contributed by atoms with Crippen LogP contribution in [-0.4, -0.2) is 9.97 Å². The summed E-state index contributed by atoms with van der Waals surface area (Å²) in [7, 11) is 0. The van der Waals surface area contributed by atoms with Crippen LogP contribution in [0.2, 0.25) is 0 Å². The largest absolute Gasteiger partial charge is 0.241 e. The Morgan fingerprint density at radius 3 is 2.44 bits per heavy atom. The summed E-state index contributed by atoms with van der Waals surface area (Å²) in [4.78, 5) is 8.49.